The van der Waals surface area contributed by atoms with Gasteiger partial charge in [0.1, 0.15) is 5.82 Å². The molecule has 2 aromatic rings. The van der Waals surface area contributed by atoms with Crippen LogP contribution < -0.4 is 0 Å². The molecule has 0 radical (unpaired) electrons. The molecule has 0 aliphatic carbocycles. The standard InChI is InChI=1S/C16H19FN2O/c1-19(12-15-4-2-3-10-18-15)11-9-16(20)13-5-7-14(17)8-6-13/h2-8,10,16,20H,9,11-12H2,1H3. The number of benzene rings is 1. The van der Waals surface area contributed by atoms with E-state index in [0.717, 1.165) is 24.3 Å². The van der Waals surface area contributed by atoms with Gasteiger partial charge in [-0.25, -0.2) is 4.39 Å². The van der Waals surface area contributed by atoms with Gasteiger partial charge in [0.05, 0.1) is 11.8 Å². The highest BCUT2D eigenvalue weighted by Gasteiger charge is 2.09. The van der Waals surface area contributed by atoms with Crippen molar-refractivity contribution in [2.24, 2.45) is 0 Å². The van der Waals surface area contributed by atoms with Crippen LogP contribution in [0.15, 0.2) is 48.7 Å². The molecular weight excluding hydrogens is 255 g/mol. The molecule has 1 heterocycles. The number of aromatic nitrogens is 1. The van der Waals surface area contributed by atoms with Crippen molar-refractivity contribution in [3.63, 3.8) is 0 Å². The number of halogens is 1. The highest BCUT2D eigenvalue weighted by atomic mass is 19.1. The van der Waals surface area contributed by atoms with Crippen LogP contribution in [0.3, 0.4) is 0 Å². The number of hydrogen-bond donors (Lipinski definition) is 1. The molecular formula is C16H19FN2O. The molecule has 3 nitrogen and oxygen atoms in total. The summed E-state index contributed by atoms with van der Waals surface area (Å²) in [4.78, 5) is 6.37. The van der Waals surface area contributed by atoms with E-state index >= 15 is 0 Å². The van der Waals surface area contributed by atoms with Gasteiger partial charge in [0.2, 0.25) is 0 Å². The van der Waals surface area contributed by atoms with Crippen LogP contribution in [0.2, 0.25) is 0 Å². The second-order valence-corrected chi connectivity index (χ2v) is 4.91. The Morgan fingerprint density at radius 2 is 1.95 bits per heavy atom. The lowest BCUT2D eigenvalue weighted by Gasteiger charge is -2.18. The molecule has 0 bridgehead atoms. The van der Waals surface area contributed by atoms with Gasteiger partial charge >= 0.3 is 0 Å². The Hall–Kier alpha value is -1.78. The minimum absolute atomic E-state index is 0.284. The Labute approximate surface area is 118 Å². The summed E-state index contributed by atoms with van der Waals surface area (Å²) in [5.41, 5.74) is 1.75. The molecule has 0 aliphatic rings. The third kappa shape index (κ3) is 4.40. The molecule has 1 N–H and O–H groups in total. The fourth-order valence-corrected chi connectivity index (χ4v) is 2.04. The van der Waals surface area contributed by atoms with Crippen LogP contribution in [0.25, 0.3) is 0 Å². The number of aliphatic hydroxyl groups is 1. The van der Waals surface area contributed by atoms with Gasteiger partial charge in [-0.1, -0.05) is 18.2 Å². The number of nitrogens with zero attached hydrogens (tertiary/aromatic N) is 2. The minimum atomic E-state index is -0.568. The first kappa shape index (κ1) is 14.6. The fourth-order valence-electron chi connectivity index (χ4n) is 2.04. The smallest absolute Gasteiger partial charge is 0.123 e. The maximum Gasteiger partial charge on any atom is 0.123 e. The SMILES string of the molecule is CN(CCC(O)c1ccc(F)cc1)Cc1ccccn1. The predicted octanol–water partition coefficient (Wildman–Crippen LogP) is 2.78. The molecule has 4 heteroatoms. The molecule has 0 amide bonds. The second kappa shape index (κ2) is 7.12. The monoisotopic (exact) mass is 274 g/mol. The van der Waals surface area contributed by atoms with Gasteiger partial charge in [-0.05, 0) is 43.3 Å². The Bertz CT molecular complexity index is 516. The zero-order valence-electron chi connectivity index (χ0n) is 11.5. The molecule has 0 spiro atoms. The summed E-state index contributed by atoms with van der Waals surface area (Å²) in [6.45, 7) is 1.49. The van der Waals surface area contributed by atoms with Crippen LogP contribution >= 0.6 is 0 Å². The first-order valence-corrected chi connectivity index (χ1v) is 6.67. The fraction of sp³-hybridized carbons (Fsp3) is 0.312. The van der Waals surface area contributed by atoms with E-state index in [1.165, 1.54) is 12.1 Å². The van der Waals surface area contributed by atoms with E-state index in [9.17, 15) is 9.50 Å². The highest BCUT2D eigenvalue weighted by Crippen LogP contribution is 2.17. The summed E-state index contributed by atoms with van der Waals surface area (Å²) in [7, 11) is 1.99. The van der Waals surface area contributed by atoms with E-state index in [1.807, 2.05) is 25.2 Å². The lowest BCUT2D eigenvalue weighted by Crippen LogP contribution is -2.21. The van der Waals surface area contributed by atoms with Gasteiger partial charge in [-0.15, -0.1) is 0 Å². The van der Waals surface area contributed by atoms with E-state index in [4.69, 9.17) is 0 Å². The van der Waals surface area contributed by atoms with Crippen molar-refractivity contribution in [1.82, 2.24) is 9.88 Å². The van der Waals surface area contributed by atoms with E-state index in [1.54, 1.807) is 18.3 Å². The van der Waals surface area contributed by atoms with Crippen molar-refractivity contribution >= 4 is 0 Å². The van der Waals surface area contributed by atoms with E-state index in [-0.39, 0.29) is 5.82 Å². The summed E-state index contributed by atoms with van der Waals surface area (Å²) < 4.78 is 12.8. The second-order valence-electron chi connectivity index (χ2n) is 4.91. The quantitative estimate of drug-likeness (QED) is 0.880. The molecule has 0 saturated carbocycles. The van der Waals surface area contributed by atoms with Gasteiger partial charge in [0.15, 0.2) is 0 Å². The van der Waals surface area contributed by atoms with E-state index in [0.29, 0.717) is 6.42 Å². The summed E-state index contributed by atoms with van der Waals surface area (Å²) in [6, 6.07) is 11.8. The topological polar surface area (TPSA) is 36.4 Å². The molecule has 1 aromatic heterocycles. The van der Waals surface area contributed by atoms with E-state index < -0.39 is 6.10 Å². The van der Waals surface area contributed by atoms with Gasteiger partial charge in [0, 0.05) is 19.3 Å². The molecule has 0 aliphatic heterocycles. The van der Waals surface area contributed by atoms with Crippen molar-refractivity contribution in [1.29, 1.82) is 0 Å². The molecule has 1 atom stereocenters. The normalized spacial score (nSPS) is 12.6. The van der Waals surface area contributed by atoms with Crippen LogP contribution in [0, 0.1) is 5.82 Å². The molecule has 0 saturated heterocycles. The maximum absolute atomic E-state index is 12.8. The molecule has 20 heavy (non-hydrogen) atoms. The number of hydrogen-bond acceptors (Lipinski definition) is 3. The van der Waals surface area contributed by atoms with Crippen molar-refractivity contribution < 1.29 is 9.50 Å². The summed E-state index contributed by atoms with van der Waals surface area (Å²) >= 11 is 0. The molecule has 1 unspecified atom stereocenters. The van der Waals surface area contributed by atoms with Crippen LogP contribution in [-0.2, 0) is 6.54 Å². The average Bonchev–Trinajstić information content (AvgIpc) is 2.46. The predicted molar refractivity (Wildman–Crippen MR) is 76.5 cm³/mol. The van der Waals surface area contributed by atoms with Crippen molar-refractivity contribution in [2.75, 3.05) is 13.6 Å². The summed E-state index contributed by atoms with van der Waals surface area (Å²) in [5, 5.41) is 10.1. The minimum Gasteiger partial charge on any atom is -0.388 e. The van der Waals surface area contributed by atoms with Crippen LogP contribution in [0.1, 0.15) is 23.8 Å². The van der Waals surface area contributed by atoms with Gasteiger partial charge in [-0.3, -0.25) is 4.98 Å². The Morgan fingerprint density at radius 3 is 2.60 bits per heavy atom. The Balaban J connectivity index is 1.81. The highest BCUT2D eigenvalue weighted by molar-refractivity contribution is 5.18. The van der Waals surface area contributed by atoms with Gasteiger partial charge < -0.3 is 10.0 Å². The Kier molecular flexibility index (Phi) is 5.21. The van der Waals surface area contributed by atoms with Gasteiger partial charge in [0.25, 0.3) is 0 Å². The Morgan fingerprint density at radius 1 is 1.20 bits per heavy atom. The summed E-state index contributed by atoms with van der Waals surface area (Å²) in [6.07, 6.45) is 1.81. The van der Waals surface area contributed by atoms with Crippen molar-refractivity contribution in [3.05, 3.63) is 65.7 Å². The lowest BCUT2D eigenvalue weighted by molar-refractivity contribution is 0.147. The first-order valence-electron chi connectivity index (χ1n) is 6.67. The molecule has 0 fully saturated rings. The lowest BCUT2D eigenvalue weighted by atomic mass is 10.1. The zero-order chi connectivity index (χ0) is 14.4. The third-order valence-corrected chi connectivity index (χ3v) is 3.20. The average molecular weight is 274 g/mol. The molecule has 106 valence electrons. The number of pyridine rings is 1. The zero-order valence-corrected chi connectivity index (χ0v) is 11.5. The van der Waals surface area contributed by atoms with Crippen molar-refractivity contribution in [2.45, 2.75) is 19.1 Å². The largest absolute Gasteiger partial charge is 0.388 e. The number of rotatable bonds is 6. The molecule has 1 aromatic carbocycles. The van der Waals surface area contributed by atoms with Gasteiger partial charge in [-0.2, -0.15) is 0 Å². The molecule has 2 rings (SSSR count). The van der Waals surface area contributed by atoms with Crippen molar-refractivity contribution in [3.8, 4) is 0 Å². The van der Waals surface area contributed by atoms with Crippen LogP contribution in [0.5, 0.6) is 0 Å². The van der Waals surface area contributed by atoms with E-state index in [2.05, 4.69) is 9.88 Å². The van der Waals surface area contributed by atoms with Crippen LogP contribution in [-0.4, -0.2) is 28.6 Å². The maximum atomic E-state index is 12.8. The number of aliphatic hydroxyl groups excluding tert-OH is 1. The third-order valence-electron chi connectivity index (χ3n) is 3.20. The van der Waals surface area contributed by atoms with Crippen LogP contribution in [0.4, 0.5) is 4.39 Å². The first-order chi connectivity index (χ1) is 9.65. The summed E-state index contributed by atoms with van der Waals surface area (Å²) in [5.74, 6) is -0.284.